The minimum absolute atomic E-state index is 0.391. The molecule has 6 nitrogen and oxygen atoms in total. The maximum Gasteiger partial charge on any atom is 0.679 e. The Labute approximate surface area is 157 Å². The van der Waals surface area contributed by atoms with Gasteiger partial charge in [-0.25, -0.2) is 0 Å². The first kappa shape index (κ1) is 22.5. The van der Waals surface area contributed by atoms with Gasteiger partial charge in [0.15, 0.2) is 0 Å². The van der Waals surface area contributed by atoms with Crippen LogP contribution in [0.3, 0.4) is 0 Å². The van der Waals surface area contributed by atoms with Crippen LogP contribution in [0.5, 0.6) is 0 Å². The molecule has 0 fully saturated rings. The van der Waals surface area contributed by atoms with Crippen molar-refractivity contribution in [2.45, 2.75) is 33.8 Å². The van der Waals surface area contributed by atoms with E-state index in [2.05, 4.69) is 0 Å². The molecule has 0 N–H and O–H groups in total. The van der Waals surface area contributed by atoms with Crippen LogP contribution in [0.1, 0.15) is 33.3 Å². The molecule has 2 atom stereocenters. The van der Waals surface area contributed by atoms with Gasteiger partial charge in [0.1, 0.15) is 5.92 Å². The van der Waals surface area contributed by atoms with E-state index in [1.165, 1.54) is 7.11 Å². The van der Waals surface area contributed by atoms with Crippen molar-refractivity contribution in [2.24, 2.45) is 5.92 Å². The summed E-state index contributed by atoms with van der Waals surface area (Å²) in [4.78, 5) is 12.3. The molecule has 1 aromatic carbocycles. The number of methoxy groups -OCH3 is 1. The van der Waals surface area contributed by atoms with Crippen molar-refractivity contribution < 1.29 is 27.2 Å². The van der Waals surface area contributed by atoms with Crippen molar-refractivity contribution in [1.29, 1.82) is 0 Å². The lowest BCUT2D eigenvalue weighted by Crippen LogP contribution is -2.52. The van der Waals surface area contributed by atoms with E-state index in [1.54, 1.807) is 13.0 Å². The molecule has 0 aliphatic rings. The summed E-state index contributed by atoms with van der Waals surface area (Å²) in [7, 11) is -1.97. The topological polar surface area (TPSA) is 63.2 Å². The molecule has 0 saturated heterocycles. The Morgan fingerprint density at radius 1 is 1.04 bits per heavy atom. The smallest absolute Gasteiger partial charge is 0.468 e. The van der Waals surface area contributed by atoms with Crippen molar-refractivity contribution in [1.82, 2.24) is 0 Å². The summed E-state index contributed by atoms with van der Waals surface area (Å²) in [5.41, 5.74) is 0.983. The Balaban J connectivity index is 3.00. The van der Waals surface area contributed by atoms with E-state index < -0.39 is 27.0 Å². The minimum Gasteiger partial charge on any atom is -0.468 e. The van der Waals surface area contributed by atoms with Crippen molar-refractivity contribution in [2.75, 3.05) is 26.9 Å². The van der Waals surface area contributed by atoms with E-state index >= 15 is 0 Å². The van der Waals surface area contributed by atoms with Gasteiger partial charge < -0.3 is 22.4 Å². The minimum atomic E-state index is -3.33. The van der Waals surface area contributed by atoms with E-state index in [0.717, 1.165) is 5.56 Å². The summed E-state index contributed by atoms with van der Waals surface area (Å²) in [5.74, 6) is -1.01. The van der Waals surface area contributed by atoms with Crippen LogP contribution in [-0.4, -0.2) is 48.1 Å². The SMILES string of the molecule is CCO[Si](OCC)(OCC)O[C@@H](C)[C@@H](/C=C/c1ccccc1)C(=O)OC. The molecule has 7 heteroatoms. The van der Waals surface area contributed by atoms with Crippen molar-refractivity contribution in [3.8, 4) is 0 Å². The average molecular weight is 383 g/mol. The van der Waals surface area contributed by atoms with Crippen LogP contribution in [0.25, 0.3) is 6.08 Å². The monoisotopic (exact) mass is 382 g/mol. The fourth-order valence-electron chi connectivity index (χ4n) is 2.40. The molecule has 0 aromatic heterocycles. The summed E-state index contributed by atoms with van der Waals surface area (Å²) in [5, 5.41) is 0. The predicted octanol–water partition coefficient (Wildman–Crippen LogP) is 3.44. The number of esters is 1. The molecule has 0 aliphatic heterocycles. The zero-order valence-corrected chi connectivity index (χ0v) is 17.3. The molecule has 0 heterocycles. The maximum absolute atomic E-state index is 12.3. The van der Waals surface area contributed by atoms with Crippen LogP contribution < -0.4 is 0 Å². The van der Waals surface area contributed by atoms with Crippen LogP contribution in [0.4, 0.5) is 0 Å². The lowest BCUT2D eigenvalue weighted by molar-refractivity contribution is -0.148. The molecule has 1 rings (SSSR count). The first-order chi connectivity index (χ1) is 12.5. The third kappa shape index (κ3) is 7.01. The molecular formula is C19H30O6Si. The number of rotatable bonds is 12. The summed E-state index contributed by atoms with van der Waals surface area (Å²) in [6, 6.07) is 9.72. The quantitative estimate of drug-likeness (QED) is 0.408. The van der Waals surface area contributed by atoms with Crippen LogP contribution in [0.15, 0.2) is 36.4 Å². The molecule has 1 aromatic rings. The number of ether oxygens (including phenoxy) is 1. The molecule has 0 spiro atoms. The van der Waals surface area contributed by atoms with Gasteiger partial charge in [-0.15, -0.1) is 0 Å². The highest BCUT2D eigenvalue weighted by atomic mass is 28.4. The van der Waals surface area contributed by atoms with Crippen LogP contribution in [0, 0.1) is 5.92 Å². The predicted molar refractivity (Wildman–Crippen MR) is 102 cm³/mol. The zero-order chi connectivity index (χ0) is 19.4. The molecule has 146 valence electrons. The van der Waals surface area contributed by atoms with E-state index in [0.29, 0.717) is 19.8 Å². The molecule has 0 unspecified atom stereocenters. The van der Waals surface area contributed by atoms with Gasteiger partial charge in [-0.3, -0.25) is 4.79 Å². The van der Waals surface area contributed by atoms with E-state index in [1.807, 2.05) is 57.2 Å². The van der Waals surface area contributed by atoms with Gasteiger partial charge in [0.2, 0.25) is 0 Å². The number of benzene rings is 1. The molecular weight excluding hydrogens is 352 g/mol. The first-order valence-corrected chi connectivity index (χ1v) is 10.6. The molecule has 0 saturated carbocycles. The van der Waals surface area contributed by atoms with Crippen LogP contribution >= 0.6 is 0 Å². The van der Waals surface area contributed by atoms with Crippen LogP contribution in [-0.2, 0) is 27.2 Å². The van der Waals surface area contributed by atoms with Gasteiger partial charge >= 0.3 is 15.0 Å². The molecule has 0 amide bonds. The highest BCUT2D eigenvalue weighted by molar-refractivity contribution is 6.53. The maximum atomic E-state index is 12.3. The van der Waals surface area contributed by atoms with Crippen LogP contribution in [0.2, 0.25) is 0 Å². The second-order valence-corrected chi connectivity index (χ2v) is 7.54. The first-order valence-electron chi connectivity index (χ1n) is 8.92. The highest BCUT2D eigenvalue weighted by Crippen LogP contribution is 2.21. The summed E-state index contributed by atoms with van der Waals surface area (Å²) in [6.45, 7) is 8.50. The Morgan fingerprint density at radius 3 is 2.04 bits per heavy atom. The van der Waals surface area contributed by atoms with Gasteiger partial charge in [0.25, 0.3) is 0 Å². The summed E-state index contributed by atoms with van der Waals surface area (Å²) < 4.78 is 28.1. The largest absolute Gasteiger partial charge is 0.679 e. The highest BCUT2D eigenvalue weighted by Gasteiger charge is 2.48. The molecule has 0 radical (unpaired) electrons. The Morgan fingerprint density at radius 2 is 1.58 bits per heavy atom. The summed E-state index contributed by atoms with van der Waals surface area (Å²) >= 11 is 0. The van der Waals surface area contributed by atoms with Crippen molar-refractivity contribution >= 4 is 21.1 Å². The Kier molecular flexibility index (Phi) is 10.4. The molecule has 26 heavy (non-hydrogen) atoms. The third-order valence-corrected chi connectivity index (χ3v) is 6.16. The van der Waals surface area contributed by atoms with Gasteiger partial charge in [-0.1, -0.05) is 42.5 Å². The Hall–Kier alpha value is -1.51. The molecule has 0 bridgehead atoms. The second-order valence-electron chi connectivity index (χ2n) is 5.44. The van der Waals surface area contributed by atoms with Gasteiger partial charge in [-0.05, 0) is 33.3 Å². The Bertz CT molecular complexity index is 531. The normalized spacial score (nSPS) is 14.3. The molecule has 0 aliphatic carbocycles. The number of hydrogen-bond donors (Lipinski definition) is 0. The van der Waals surface area contributed by atoms with Gasteiger partial charge in [0, 0.05) is 19.8 Å². The lowest BCUT2D eigenvalue weighted by atomic mass is 10.0. The zero-order valence-electron chi connectivity index (χ0n) is 16.3. The summed E-state index contributed by atoms with van der Waals surface area (Å²) in [6.07, 6.45) is 3.10. The second kappa shape index (κ2) is 12.0. The number of carbonyl (C=O) groups is 1. The van der Waals surface area contributed by atoms with E-state index in [9.17, 15) is 4.79 Å². The fraction of sp³-hybridized carbons (Fsp3) is 0.526. The van der Waals surface area contributed by atoms with E-state index in [4.69, 9.17) is 22.4 Å². The van der Waals surface area contributed by atoms with Crippen molar-refractivity contribution in [3.05, 3.63) is 42.0 Å². The average Bonchev–Trinajstić information content (AvgIpc) is 2.63. The number of hydrogen-bond acceptors (Lipinski definition) is 6. The lowest BCUT2D eigenvalue weighted by Gasteiger charge is -2.31. The third-order valence-electron chi connectivity index (χ3n) is 3.57. The van der Waals surface area contributed by atoms with Gasteiger partial charge in [-0.2, -0.15) is 0 Å². The number of carbonyl (C=O) groups excluding carboxylic acids is 1. The van der Waals surface area contributed by atoms with Gasteiger partial charge in [0.05, 0.1) is 13.2 Å². The standard InChI is InChI=1S/C19H30O6Si/c1-6-22-26(23-7-2,24-8-3)25-16(4)18(19(20)21-5)15-14-17-12-10-9-11-13-17/h9-16,18H,6-8H2,1-5H3/b15-14+/t16-,18+/m0/s1. The van der Waals surface area contributed by atoms with E-state index in [-0.39, 0.29) is 0 Å². The fourth-order valence-corrected chi connectivity index (χ4v) is 4.52. The van der Waals surface area contributed by atoms with Crippen molar-refractivity contribution in [3.63, 3.8) is 0 Å².